The summed E-state index contributed by atoms with van der Waals surface area (Å²) in [4.78, 5) is 15.8. The molecule has 2 aromatic heterocycles. The average molecular weight is 417 g/mol. The number of carbonyl (C=O) groups is 1. The highest BCUT2D eigenvalue weighted by Crippen LogP contribution is 2.34. The summed E-state index contributed by atoms with van der Waals surface area (Å²) in [6, 6.07) is 5.15. The number of hydrogen-bond acceptors (Lipinski definition) is 5. The van der Waals surface area contributed by atoms with Crippen LogP contribution in [0, 0.1) is 0 Å². The fourth-order valence-electron chi connectivity index (χ4n) is 2.36. The third-order valence-corrected chi connectivity index (χ3v) is 3.57. The van der Waals surface area contributed by atoms with Crippen molar-refractivity contribution in [2.75, 3.05) is 5.32 Å². The standard InChI is InChI=1S/C17H9F6N3O3/c18-16(19,20)13-5-6-24-7-12(13)14(27)26-15-11(8-25-29-15)9-1-3-10(4-2-9)28-17(21,22)23/h1-8H,(H,26,27). The molecule has 0 atom stereocenters. The maximum atomic E-state index is 13.1. The smallest absolute Gasteiger partial charge is 0.406 e. The van der Waals surface area contributed by atoms with Crippen molar-refractivity contribution in [3.63, 3.8) is 0 Å². The van der Waals surface area contributed by atoms with Gasteiger partial charge in [-0.05, 0) is 23.8 Å². The highest BCUT2D eigenvalue weighted by atomic mass is 19.4. The molecule has 1 aromatic carbocycles. The van der Waals surface area contributed by atoms with Gasteiger partial charge >= 0.3 is 12.5 Å². The highest BCUT2D eigenvalue weighted by molar-refractivity contribution is 6.06. The van der Waals surface area contributed by atoms with Gasteiger partial charge in [0.05, 0.1) is 22.9 Å². The first-order valence-corrected chi connectivity index (χ1v) is 7.68. The molecule has 0 saturated heterocycles. The first-order chi connectivity index (χ1) is 13.5. The van der Waals surface area contributed by atoms with Crippen LogP contribution in [-0.2, 0) is 6.18 Å². The zero-order valence-electron chi connectivity index (χ0n) is 14.0. The number of ether oxygens (including phenoxy) is 1. The second kappa shape index (κ2) is 7.45. The minimum absolute atomic E-state index is 0.134. The Balaban J connectivity index is 1.84. The Hall–Kier alpha value is -3.57. The summed E-state index contributed by atoms with van der Waals surface area (Å²) in [6.07, 6.45) is -6.86. The van der Waals surface area contributed by atoms with Crippen molar-refractivity contribution in [1.82, 2.24) is 10.1 Å². The van der Waals surface area contributed by atoms with E-state index in [1.807, 2.05) is 0 Å². The number of nitrogens with zero attached hydrogens (tertiary/aromatic N) is 2. The summed E-state index contributed by atoms with van der Waals surface area (Å²) < 4.78 is 84.4. The fourth-order valence-corrected chi connectivity index (χ4v) is 2.36. The lowest BCUT2D eigenvalue weighted by molar-refractivity contribution is -0.274. The van der Waals surface area contributed by atoms with Gasteiger partial charge in [-0.25, -0.2) is 0 Å². The fraction of sp³-hybridized carbons (Fsp3) is 0.118. The molecule has 0 aliphatic heterocycles. The van der Waals surface area contributed by atoms with Crippen LogP contribution in [0.1, 0.15) is 15.9 Å². The van der Waals surface area contributed by atoms with E-state index in [1.165, 1.54) is 12.1 Å². The Labute approximate surface area is 158 Å². The van der Waals surface area contributed by atoms with Gasteiger partial charge in [-0.1, -0.05) is 17.3 Å². The monoisotopic (exact) mass is 417 g/mol. The minimum Gasteiger partial charge on any atom is -0.406 e. The van der Waals surface area contributed by atoms with E-state index in [4.69, 9.17) is 4.52 Å². The number of alkyl halides is 6. The van der Waals surface area contributed by atoms with Crippen molar-refractivity contribution < 1.29 is 40.4 Å². The molecule has 12 heteroatoms. The molecule has 152 valence electrons. The van der Waals surface area contributed by atoms with Crippen LogP contribution in [-0.4, -0.2) is 22.4 Å². The molecule has 0 aliphatic rings. The molecule has 0 radical (unpaired) electrons. The molecule has 2 heterocycles. The van der Waals surface area contributed by atoms with Crippen LogP contribution in [0.3, 0.4) is 0 Å². The molecule has 6 nitrogen and oxygen atoms in total. The minimum atomic E-state index is -4.86. The largest absolute Gasteiger partial charge is 0.573 e. The van der Waals surface area contributed by atoms with E-state index in [0.29, 0.717) is 6.07 Å². The predicted octanol–water partition coefficient (Wildman–Crippen LogP) is 4.91. The molecule has 0 unspecified atom stereocenters. The number of nitrogens with one attached hydrogen (secondary N) is 1. The molecule has 0 aliphatic carbocycles. The Morgan fingerprint density at radius 1 is 1.00 bits per heavy atom. The Morgan fingerprint density at radius 2 is 1.69 bits per heavy atom. The number of benzene rings is 1. The van der Waals surface area contributed by atoms with Crippen molar-refractivity contribution in [2.45, 2.75) is 12.5 Å². The van der Waals surface area contributed by atoms with Gasteiger partial charge in [-0.3, -0.25) is 15.1 Å². The Morgan fingerprint density at radius 3 is 2.31 bits per heavy atom. The molecular weight excluding hydrogens is 408 g/mol. The summed E-state index contributed by atoms with van der Waals surface area (Å²) in [5.74, 6) is -1.93. The van der Waals surface area contributed by atoms with Gasteiger partial charge in [0, 0.05) is 12.4 Å². The quantitative estimate of drug-likeness (QED) is 0.611. The molecule has 0 spiro atoms. The number of amides is 1. The van der Waals surface area contributed by atoms with E-state index in [0.717, 1.165) is 30.7 Å². The van der Waals surface area contributed by atoms with Crippen molar-refractivity contribution >= 4 is 11.8 Å². The lowest BCUT2D eigenvalue weighted by Gasteiger charge is -2.12. The second-order valence-corrected chi connectivity index (χ2v) is 5.51. The van der Waals surface area contributed by atoms with E-state index in [9.17, 15) is 31.1 Å². The summed E-state index contributed by atoms with van der Waals surface area (Å²) in [6.45, 7) is 0. The number of halogens is 6. The van der Waals surface area contributed by atoms with Gasteiger partial charge in [0.2, 0.25) is 5.88 Å². The maximum absolute atomic E-state index is 13.1. The van der Waals surface area contributed by atoms with Gasteiger partial charge in [0.1, 0.15) is 5.75 Å². The van der Waals surface area contributed by atoms with E-state index in [-0.39, 0.29) is 17.0 Å². The van der Waals surface area contributed by atoms with E-state index < -0.39 is 35.3 Å². The summed E-state index contributed by atoms with van der Waals surface area (Å²) >= 11 is 0. The number of rotatable bonds is 4. The SMILES string of the molecule is O=C(Nc1oncc1-c1ccc(OC(F)(F)F)cc1)c1cnccc1C(F)(F)F. The molecule has 0 fully saturated rings. The molecule has 29 heavy (non-hydrogen) atoms. The molecule has 3 aromatic rings. The van der Waals surface area contributed by atoms with Crippen LogP contribution in [0.15, 0.2) is 53.4 Å². The normalized spacial score (nSPS) is 11.9. The van der Waals surface area contributed by atoms with Crippen LogP contribution in [0.2, 0.25) is 0 Å². The third-order valence-electron chi connectivity index (χ3n) is 3.57. The van der Waals surface area contributed by atoms with Crippen LogP contribution < -0.4 is 10.1 Å². The summed E-state index contributed by atoms with van der Waals surface area (Å²) in [7, 11) is 0. The first-order valence-electron chi connectivity index (χ1n) is 7.68. The topological polar surface area (TPSA) is 77.2 Å². The van der Waals surface area contributed by atoms with Crippen molar-refractivity contribution in [1.29, 1.82) is 0 Å². The molecule has 3 rings (SSSR count). The van der Waals surface area contributed by atoms with Crippen molar-refractivity contribution in [3.05, 3.63) is 60.0 Å². The number of pyridine rings is 1. The lowest BCUT2D eigenvalue weighted by atomic mass is 10.1. The van der Waals surface area contributed by atoms with Crippen LogP contribution >= 0.6 is 0 Å². The molecular formula is C17H9F6N3O3. The second-order valence-electron chi connectivity index (χ2n) is 5.51. The zero-order valence-corrected chi connectivity index (χ0v) is 14.0. The predicted molar refractivity (Wildman–Crippen MR) is 85.8 cm³/mol. The number of aromatic nitrogens is 2. The number of anilines is 1. The third kappa shape index (κ3) is 4.83. The Kier molecular flexibility index (Phi) is 5.18. The highest BCUT2D eigenvalue weighted by Gasteiger charge is 2.35. The number of carbonyl (C=O) groups excluding carboxylic acids is 1. The van der Waals surface area contributed by atoms with Crippen LogP contribution in [0.25, 0.3) is 11.1 Å². The molecule has 1 N–H and O–H groups in total. The van der Waals surface area contributed by atoms with Crippen molar-refractivity contribution in [3.8, 4) is 16.9 Å². The number of hydrogen-bond donors (Lipinski definition) is 1. The van der Waals surface area contributed by atoms with E-state index >= 15 is 0 Å². The van der Waals surface area contributed by atoms with Gasteiger partial charge in [-0.15, -0.1) is 13.2 Å². The molecule has 0 saturated carbocycles. The van der Waals surface area contributed by atoms with E-state index in [1.54, 1.807) is 0 Å². The Bertz CT molecular complexity index is 1010. The van der Waals surface area contributed by atoms with Crippen LogP contribution in [0.4, 0.5) is 32.2 Å². The molecule has 1 amide bonds. The van der Waals surface area contributed by atoms with Crippen LogP contribution in [0.5, 0.6) is 5.75 Å². The van der Waals surface area contributed by atoms with E-state index in [2.05, 4.69) is 20.2 Å². The van der Waals surface area contributed by atoms with Gasteiger partial charge in [0.15, 0.2) is 0 Å². The molecule has 0 bridgehead atoms. The van der Waals surface area contributed by atoms with Gasteiger partial charge in [-0.2, -0.15) is 13.2 Å². The lowest BCUT2D eigenvalue weighted by Crippen LogP contribution is -2.19. The van der Waals surface area contributed by atoms with Gasteiger partial charge < -0.3 is 9.26 Å². The average Bonchev–Trinajstić information content (AvgIpc) is 3.08. The zero-order chi connectivity index (χ0) is 21.2. The van der Waals surface area contributed by atoms with Gasteiger partial charge in [0.25, 0.3) is 5.91 Å². The van der Waals surface area contributed by atoms with Crippen molar-refractivity contribution in [2.24, 2.45) is 0 Å². The first kappa shape index (κ1) is 20.2. The summed E-state index contributed by atoms with van der Waals surface area (Å²) in [5.41, 5.74) is -1.52. The maximum Gasteiger partial charge on any atom is 0.573 e. The summed E-state index contributed by atoms with van der Waals surface area (Å²) in [5, 5.41) is 5.61.